The fraction of sp³-hybridized carbons (Fsp3) is 0.409. The van der Waals surface area contributed by atoms with Gasteiger partial charge in [0.2, 0.25) is 5.91 Å². The molecule has 4 heterocycles. The van der Waals surface area contributed by atoms with Gasteiger partial charge >= 0.3 is 0 Å². The second-order valence-corrected chi connectivity index (χ2v) is 8.36. The molecule has 2 aliphatic rings. The van der Waals surface area contributed by atoms with Crippen molar-refractivity contribution < 1.29 is 4.79 Å². The summed E-state index contributed by atoms with van der Waals surface area (Å²) < 4.78 is 4.10. The molecule has 150 valence electrons. The largest absolute Gasteiger partial charge is 0.330 e. The third-order valence-corrected chi connectivity index (χ3v) is 6.21. The van der Waals surface area contributed by atoms with E-state index in [0.717, 1.165) is 55.1 Å². The third-order valence-electron chi connectivity index (χ3n) is 6.21. The van der Waals surface area contributed by atoms with Crippen LogP contribution in [0.25, 0.3) is 11.0 Å². The van der Waals surface area contributed by atoms with Gasteiger partial charge in [-0.25, -0.2) is 4.98 Å². The third kappa shape index (κ3) is 3.25. The molecule has 2 aromatic heterocycles. The molecule has 7 heteroatoms. The lowest BCUT2D eigenvalue weighted by Gasteiger charge is -2.42. The molecule has 1 aromatic carbocycles. The summed E-state index contributed by atoms with van der Waals surface area (Å²) in [6, 6.07) is 11.5. The lowest BCUT2D eigenvalue weighted by molar-refractivity contribution is -0.114. The number of benzene rings is 1. The number of anilines is 1. The summed E-state index contributed by atoms with van der Waals surface area (Å²) in [4.78, 5) is 30.8. The summed E-state index contributed by atoms with van der Waals surface area (Å²) >= 11 is 0. The number of pyridine rings is 1. The first-order chi connectivity index (χ1) is 14.0. The van der Waals surface area contributed by atoms with Crippen molar-refractivity contribution in [1.82, 2.24) is 19.0 Å². The average Bonchev–Trinajstić information content (AvgIpc) is 2.97. The van der Waals surface area contributed by atoms with E-state index in [1.165, 1.54) is 12.6 Å². The maximum absolute atomic E-state index is 12.2. The van der Waals surface area contributed by atoms with E-state index in [2.05, 4.69) is 20.9 Å². The molecule has 3 aromatic rings. The molecule has 1 saturated heterocycles. The average molecular weight is 391 g/mol. The van der Waals surface area contributed by atoms with Crippen LogP contribution in [0.15, 0.2) is 41.2 Å². The Morgan fingerprint density at radius 2 is 2.07 bits per heavy atom. The first-order valence-electron chi connectivity index (χ1n) is 10.1. The van der Waals surface area contributed by atoms with Gasteiger partial charge in [0.15, 0.2) is 0 Å². The number of hydrogen-bond donors (Lipinski definition) is 1. The Labute approximate surface area is 169 Å². The number of amides is 1. The SMILES string of the molecule is CC(=O)Nc1ccc2c(c1)nc(CN1CC3CC(C1)c1cccc(=O)n1C3)n2C. The molecule has 2 unspecified atom stereocenters. The fourth-order valence-corrected chi connectivity index (χ4v) is 5.00. The lowest BCUT2D eigenvalue weighted by Crippen LogP contribution is -2.46. The van der Waals surface area contributed by atoms with Crippen molar-refractivity contribution in [3.05, 3.63) is 58.3 Å². The first-order valence-corrected chi connectivity index (χ1v) is 10.1. The molecular weight excluding hydrogens is 366 g/mol. The first kappa shape index (κ1) is 18.1. The molecule has 7 nitrogen and oxygen atoms in total. The highest BCUT2D eigenvalue weighted by Gasteiger charge is 2.34. The van der Waals surface area contributed by atoms with E-state index >= 15 is 0 Å². The highest BCUT2D eigenvalue weighted by atomic mass is 16.1. The predicted octanol–water partition coefficient (Wildman–Crippen LogP) is 2.31. The molecule has 0 spiro atoms. The maximum atomic E-state index is 12.2. The van der Waals surface area contributed by atoms with Gasteiger partial charge < -0.3 is 14.5 Å². The van der Waals surface area contributed by atoms with Crippen LogP contribution in [0.4, 0.5) is 5.69 Å². The standard InChI is InChI=1S/C22H25N5O2/c1-14(28)23-17-6-7-20-18(9-17)24-21(25(20)2)13-26-10-15-8-16(12-26)19-4-3-5-22(29)27(19)11-15/h3-7,9,15-16H,8,10-13H2,1-2H3,(H,23,28). The van der Waals surface area contributed by atoms with Crippen LogP contribution in [0, 0.1) is 5.92 Å². The number of hydrogen-bond acceptors (Lipinski definition) is 4. The van der Waals surface area contributed by atoms with Gasteiger partial charge in [0.05, 0.1) is 17.6 Å². The highest BCUT2D eigenvalue weighted by Crippen LogP contribution is 2.35. The van der Waals surface area contributed by atoms with Crippen molar-refractivity contribution in [2.24, 2.45) is 13.0 Å². The van der Waals surface area contributed by atoms with Gasteiger partial charge in [-0.05, 0) is 36.6 Å². The van der Waals surface area contributed by atoms with Gasteiger partial charge in [0.25, 0.3) is 5.56 Å². The van der Waals surface area contributed by atoms with Crippen molar-refractivity contribution in [3.8, 4) is 0 Å². The number of aromatic nitrogens is 3. The number of likely N-dealkylation sites (tertiary alicyclic amines) is 1. The van der Waals surface area contributed by atoms with E-state index in [9.17, 15) is 9.59 Å². The van der Waals surface area contributed by atoms with E-state index in [1.807, 2.05) is 35.9 Å². The van der Waals surface area contributed by atoms with Crippen LogP contribution in [0.1, 0.15) is 30.8 Å². The number of nitrogens with one attached hydrogen (secondary N) is 1. The van der Waals surface area contributed by atoms with Crippen LogP contribution in [-0.2, 0) is 24.9 Å². The Morgan fingerprint density at radius 3 is 2.90 bits per heavy atom. The van der Waals surface area contributed by atoms with Crippen LogP contribution < -0.4 is 10.9 Å². The van der Waals surface area contributed by atoms with E-state index in [-0.39, 0.29) is 11.5 Å². The van der Waals surface area contributed by atoms with E-state index in [1.54, 1.807) is 6.07 Å². The van der Waals surface area contributed by atoms with Crippen molar-refractivity contribution >= 4 is 22.6 Å². The molecule has 0 aliphatic carbocycles. The smallest absolute Gasteiger partial charge is 0.250 e. The molecule has 0 saturated carbocycles. The summed E-state index contributed by atoms with van der Waals surface area (Å²) in [6.45, 7) is 5.03. The summed E-state index contributed by atoms with van der Waals surface area (Å²) in [5.74, 6) is 1.84. The number of rotatable bonds is 3. The number of fused-ring (bicyclic) bond motifs is 5. The summed E-state index contributed by atoms with van der Waals surface area (Å²) in [5, 5.41) is 2.82. The van der Waals surface area contributed by atoms with Crippen molar-refractivity contribution in [2.45, 2.75) is 32.4 Å². The van der Waals surface area contributed by atoms with Crippen LogP contribution in [0.3, 0.4) is 0 Å². The molecule has 2 aliphatic heterocycles. The van der Waals surface area contributed by atoms with Crippen molar-refractivity contribution in [1.29, 1.82) is 0 Å². The van der Waals surface area contributed by atoms with Gasteiger partial charge in [0, 0.05) is 57.0 Å². The van der Waals surface area contributed by atoms with E-state index in [4.69, 9.17) is 4.98 Å². The van der Waals surface area contributed by atoms with Crippen molar-refractivity contribution in [2.75, 3.05) is 18.4 Å². The minimum atomic E-state index is -0.0836. The lowest BCUT2D eigenvalue weighted by atomic mass is 9.83. The minimum Gasteiger partial charge on any atom is -0.330 e. The number of nitrogens with zero attached hydrogens (tertiary/aromatic N) is 4. The summed E-state index contributed by atoms with van der Waals surface area (Å²) in [6.07, 6.45) is 1.16. The Balaban J connectivity index is 1.40. The van der Waals surface area contributed by atoms with Gasteiger partial charge in [-0.1, -0.05) is 6.07 Å². The van der Waals surface area contributed by atoms with Crippen LogP contribution in [-0.4, -0.2) is 38.0 Å². The Bertz CT molecular complexity index is 1160. The normalized spacial score (nSPS) is 21.2. The van der Waals surface area contributed by atoms with E-state index in [0.29, 0.717) is 11.8 Å². The quantitative estimate of drug-likeness (QED) is 0.744. The monoisotopic (exact) mass is 391 g/mol. The summed E-state index contributed by atoms with van der Waals surface area (Å²) in [7, 11) is 2.04. The molecule has 1 fully saturated rings. The van der Waals surface area contributed by atoms with Crippen LogP contribution in [0.2, 0.25) is 0 Å². The predicted molar refractivity (Wildman–Crippen MR) is 112 cm³/mol. The van der Waals surface area contributed by atoms with Crippen LogP contribution >= 0.6 is 0 Å². The number of piperidine rings is 1. The number of aryl methyl sites for hydroxylation is 1. The van der Waals surface area contributed by atoms with Gasteiger partial charge in [-0.3, -0.25) is 14.5 Å². The molecule has 1 amide bonds. The number of carbonyl (C=O) groups is 1. The van der Waals surface area contributed by atoms with Gasteiger partial charge in [-0.15, -0.1) is 0 Å². The second kappa shape index (κ2) is 6.84. The molecule has 2 bridgehead atoms. The molecule has 5 rings (SSSR count). The number of imidazole rings is 1. The zero-order chi connectivity index (χ0) is 20.1. The maximum Gasteiger partial charge on any atom is 0.250 e. The molecule has 1 N–H and O–H groups in total. The molecule has 29 heavy (non-hydrogen) atoms. The van der Waals surface area contributed by atoms with Crippen molar-refractivity contribution in [3.63, 3.8) is 0 Å². The minimum absolute atomic E-state index is 0.0836. The fourth-order valence-electron chi connectivity index (χ4n) is 5.00. The molecule has 0 radical (unpaired) electrons. The number of carbonyl (C=O) groups excluding carboxylic acids is 1. The molecular formula is C22H25N5O2. The van der Waals surface area contributed by atoms with Crippen LogP contribution in [0.5, 0.6) is 0 Å². The Hall–Kier alpha value is -2.93. The zero-order valence-electron chi connectivity index (χ0n) is 16.8. The summed E-state index contributed by atoms with van der Waals surface area (Å²) in [5.41, 5.74) is 4.01. The zero-order valence-corrected chi connectivity index (χ0v) is 16.8. The second-order valence-electron chi connectivity index (χ2n) is 8.36. The highest BCUT2D eigenvalue weighted by molar-refractivity contribution is 5.91. The van der Waals surface area contributed by atoms with E-state index < -0.39 is 0 Å². The van der Waals surface area contributed by atoms with Gasteiger partial charge in [-0.2, -0.15) is 0 Å². The Kier molecular flexibility index (Phi) is 4.28. The van der Waals surface area contributed by atoms with Gasteiger partial charge in [0.1, 0.15) is 5.82 Å². The molecule has 2 atom stereocenters. The Morgan fingerprint density at radius 1 is 1.21 bits per heavy atom. The topological polar surface area (TPSA) is 72.2 Å².